The lowest BCUT2D eigenvalue weighted by molar-refractivity contribution is 0.601. The molecule has 4 nitrogen and oxygen atoms in total. The number of nitrogens with two attached hydrogens (primary N) is 1. The van der Waals surface area contributed by atoms with Crippen LogP contribution in [0.25, 0.3) is 0 Å². The summed E-state index contributed by atoms with van der Waals surface area (Å²) in [6.45, 7) is 0. The van der Waals surface area contributed by atoms with Crippen LogP contribution < -0.4 is 5.73 Å². The van der Waals surface area contributed by atoms with Gasteiger partial charge in [-0.2, -0.15) is 0 Å². The van der Waals surface area contributed by atoms with E-state index in [9.17, 15) is 8.42 Å². The molecule has 0 aromatic heterocycles. The van der Waals surface area contributed by atoms with Crippen LogP contribution in [0.1, 0.15) is 11.1 Å². The Morgan fingerprint density at radius 1 is 1.50 bits per heavy atom. The summed E-state index contributed by atoms with van der Waals surface area (Å²) in [4.78, 5) is 0. The number of rotatable bonds is 3. The molecular formula is C9H12N2O2S. The fraction of sp³-hybridized carbons (Fsp3) is 0.222. The van der Waals surface area contributed by atoms with Gasteiger partial charge in [-0.25, -0.2) is 8.42 Å². The molecule has 0 atom stereocenters. The third-order valence-electron chi connectivity index (χ3n) is 1.67. The molecule has 3 N–H and O–H groups in total. The zero-order valence-corrected chi connectivity index (χ0v) is 8.64. The maximum absolute atomic E-state index is 11.0. The van der Waals surface area contributed by atoms with Crippen LogP contribution in [0.5, 0.6) is 0 Å². The predicted octanol–water partition coefficient (Wildman–Crippen LogP) is 0.515. The maximum Gasteiger partial charge on any atom is 0.151 e. The lowest BCUT2D eigenvalue weighted by Gasteiger charge is -2.02. The summed E-state index contributed by atoms with van der Waals surface area (Å²) in [7, 11) is -3.03. The molecule has 14 heavy (non-hydrogen) atoms. The van der Waals surface area contributed by atoms with Crippen molar-refractivity contribution in [1.29, 1.82) is 5.41 Å². The second kappa shape index (κ2) is 3.79. The quantitative estimate of drug-likeness (QED) is 0.565. The Labute approximate surface area is 83.2 Å². The predicted molar refractivity (Wildman–Crippen MR) is 56.0 cm³/mol. The molecule has 0 fully saturated rings. The summed E-state index contributed by atoms with van der Waals surface area (Å²) in [6, 6.07) is 6.68. The standard InChI is InChI=1S/C9H12N2O2S/c1-14(12,13)6-7-3-2-4-8(5-7)9(10)11/h2-5H,6H2,1H3,(H3,10,11). The summed E-state index contributed by atoms with van der Waals surface area (Å²) < 4.78 is 22.0. The fourth-order valence-electron chi connectivity index (χ4n) is 1.13. The van der Waals surface area contributed by atoms with Crippen molar-refractivity contribution in [3.63, 3.8) is 0 Å². The number of hydrogen-bond acceptors (Lipinski definition) is 3. The van der Waals surface area contributed by atoms with E-state index in [1.165, 1.54) is 6.26 Å². The van der Waals surface area contributed by atoms with Crippen LogP contribution in [0, 0.1) is 5.41 Å². The molecule has 0 amide bonds. The van der Waals surface area contributed by atoms with Crippen molar-refractivity contribution < 1.29 is 8.42 Å². The average molecular weight is 212 g/mol. The van der Waals surface area contributed by atoms with Crippen LogP contribution in [0.4, 0.5) is 0 Å². The molecule has 0 aliphatic heterocycles. The van der Waals surface area contributed by atoms with Gasteiger partial charge in [0.25, 0.3) is 0 Å². The van der Waals surface area contributed by atoms with Crippen LogP contribution in [-0.4, -0.2) is 20.5 Å². The first-order valence-electron chi connectivity index (χ1n) is 3.99. The van der Waals surface area contributed by atoms with Gasteiger partial charge in [0, 0.05) is 11.8 Å². The molecule has 1 rings (SSSR count). The number of amidine groups is 1. The Hall–Kier alpha value is -1.36. The van der Waals surface area contributed by atoms with Gasteiger partial charge >= 0.3 is 0 Å². The van der Waals surface area contributed by atoms with Crippen molar-refractivity contribution in [3.05, 3.63) is 35.4 Å². The molecule has 0 bridgehead atoms. The monoisotopic (exact) mass is 212 g/mol. The van der Waals surface area contributed by atoms with E-state index in [-0.39, 0.29) is 11.6 Å². The van der Waals surface area contributed by atoms with E-state index in [1.807, 2.05) is 0 Å². The van der Waals surface area contributed by atoms with Crippen LogP contribution in [0.15, 0.2) is 24.3 Å². The molecule has 0 aliphatic carbocycles. The lowest BCUT2D eigenvalue weighted by Crippen LogP contribution is -2.11. The fourth-order valence-corrected chi connectivity index (χ4v) is 1.92. The molecule has 1 aromatic carbocycles. The second-order valence-electron chi connectivity index (χ2n) is 3.18. The number of nitrogen functional groups attached to an aromatic ring is 1. The highest BCUT2D eigenvalue weighted by atomic mass is 32.2. The molecule has 0 spiro atoms. The van der Waals surface area contributed by atoms with Gasteiger partial charge in [-0.1, -0.05) is 18.2 Å². The van der Waals surface area contributed by atoms with Gasteiger partial charge in [0.05, 0.1) is 5.75 Å². The maximum atomic E-state index is 11.0. The lowest BCUT2D eigenvalue weighted by atomic mass is 10.1. The largest absolute Gasteiger partial charge is 0.384 e. The molecule has 1 aromatic rings. The first kappa shape index (κ1) is 10.7. The highest BCUT2D eigenvalue weighted by Crippen LogP contribution is 2.07. The Balaban J connectivity index is 3.01. The molecular weight excluding hydrogens is 200 g/mol. The van der Waals surface area contributed by atoms with Crippen molar-refractivity contribution in [2.75, 3.05) is 6.26 Å². The van der Waals surface area contributed by atoms with E-state index in [4.69, 9.17) is 11.1 Å². The summed E-state index contributed by atoms with van der Waals surface area (Å²) in [5.41, 5.74) is 6.48. The Bertz CT molecular complexity index is 452. The van der Waals surface area contributed by atoms with Gasteiger partial charge < -0.3 is 5.73 Å². The molecule has 0 aliphatic rings. The van der Waals surface area contributed by atoms with Gasteiger partial charge in [-0.05, 0) is 11.6 Å². The van der Waals surface area contributed by atoms with Crippen molar-refractivity contribution in [2.45, 2.75) is 5.75 Å². The van der Waals surface area contributed by atoms with Gasteiger partial charge in [0.2, 0.25) is 0 Å². The summed E-state index contributed by atoms with van der Waals surface area (Å²) in [5, 5.41) is 7.19. The SMILES string of the molecule is CS(=O)(=O)Cc1cccc(C(=N)N)c1. The van der Waals surface area contributed by atoms with E-state index >= 15 is 0 Å². The third kappa shape index (κ3) is 3.18. The topological polar surface area (TPSA) is 84.0 Å². The molecule has 0 saturated carbocycles. The van der Waals surface area contributed by atoms with E-state index < -0.39 is 9.84 Å². The number of benzene rings is 1. The second-order valence-corrected chi connectivity index (χ2v) is 5.32. The Kier molecular flexibility index (Phi) is 2.90. The van der Waals surface area contributed by atoms with Crippen LogP contribution in [0.3, 0.4) is 0 Å². The Morgan fingerprint density at radius 3 is 2.64 bits per heavy atom. The minimum Gasteiger partial charge on any atom is -0.384 e. The number of sulfone groups is 1. The van der Waals surface area contributed by atoms with Crippen molar-refractivity contribution in [1.82, 2.24) is 0 Å². The molecule has 5 heteroatoms. The third-order valence-corrected chi connectivity index (χ3v) is 2.52. The van der Waals surface area contributed by atoms with E-state index in [0.29, 0.717) is 11.1 Å². The molecule has 0 heterocycles. The van der Waals surface area contributed by atoms with Crippen molar-refractivity contribution in [2.24, 2.45) is 5.73 Å². The summed E-state index contributed by atoms with van der Waals surface area (Å²) >= 11 is 0. The first-order valence-corrected chi connectivity index (χ1v) is 6.05. The molecule has 0 radical (unpaired) electrons. The normalized spacial score (nSPS) is 11.2. The highest BCUT2D eigenvalue weighted by Gasteiger charge is 2.05. The Morgan fingerprint density at radius 2 is 2.14 bits per heavy atom. The van der Waals surface area contributed by atoms with E-state index in [1.54, 1.807) is 24.3 Å². The van der Waals surface area contributed by atoms with E-state index in [0.717, 1.165) is 0 Å². The van der Waals surface area contributed by atoms with Crippen LogP contribution in [-0.2, 0) is 15.6 Å². The molecule has 76 valence electrons. The number of hydrogen-bond donors (Lipinski definition) is 2. The first-order chi connectivity index (χ1) is 6.38. The zero-order valence-electron chi connectivity index (χ0n) is 7.82. The van der Waals surface area contributed by atoms with Gasteiger partial charge in [0.15, 0.2) is 9.84 Å². The van der Waals surface area contributed by atoms with Gasteiger partial charge in [-0.3, -0.25) is 5.41 Å². The summed E-state index contributed by atoms with van der Waals surface area (Å²) in [5.74, 6) is -0.0750. The molecule has 0 saturated heterocycles. The van der Waals surface area contributed by atoms with Crippen molar-refractivity contribution in [3.8, 4) is 0 Å². The van der Waals surface area contributed by atoms with Gasteiger partial charge in [0.1, 0.15) is 5.84 Å². The smallest absolute Gasteiger partial charge is 0.151 e. The molecule has 0 unspecified atom stereocenters. The van der Waals surface area contributed by atoms with Crippen molar-refractivity contribution >= 4 is 15.7 Å². The zero-order chi connectivity index (χ0) is 10.8. The minimum absolute atomic E-state index is 0.0197. The average Bonchev–Trinajstić information content (AvgIpc) is 2.01. The van der Waals surface area contributed by atoms with Crippen LogP contribution in [0.2, 0.25) is 0 Å². The number of nitrogens with one attached hydrogen (secondary N) is 1. The highest BCUT2D eigenvalue weighted by molar-refractivity contribution is 7.89. The van der Waals surface area contributed by atoms with Gasteiger partial charge in [-0.15, -0.1) is 0 Å². The minimum atomic E-state index is -3.03. The summed E-state index contributed by atoms with van der Waals surface area (Å²) in [6.07, 6.45) is 1.17. The van der Waals surface area contributed by atoms with Crippen LogP contribution >= 0.6 is 0 Å². The van der Waals surface area contributed by atoms with E-state index in [2.05, 4.69) is 0 Å².